The Morgan fingerprint density at radius 3 is 2.33 bits per heavy atom. The van der Waals surface area contributed by atoms with Crippen LogP contribution in [0.3, 0.4) is 0 Å². The fourth-order valence-corrected chi connectivity index (χ4v) is 5.41. The third kappa shape index (κ3) is 6.33. The number of carbonyl (C=O) groups is 2. The molecule has 212 valence electrons. The highest BCUT2D eigenvalue weighted by Crippen LogP contribution is 2.50. The lowest BCUT2D eigenvalue weighted by atomic mass is 9.93. The second kappa shape index (κ2) is 12.9. The molecule has 2 aromatic rings. The predicted molar refractivity (Wildman–Crippen MR) is 147 cm³/mol. The number of methoxy groups -OCH3 is 4. The Hall–Kier alpha value is -3.66. The molecule has 2 aromatic carbocycles. The Kier molecular flexibility index (Phi) is 9.40. The number of nitrogens with one attached hydrogen (secondary N) is 1. The number of fused-ring (bicyclic) bond motifs is 3. The van der Waals surface area contributed by atoms with Crippen molar-refractivity contribution in [2.45, 2.75) is 32.2 Å². The van der Waals surface area contributed by atoms with Gasteiger partial charge in [0.1, 0.15) is 5.75 Å². The van der Waals surface area contributed by atoms with Gasteiger partial charge in [0.25, 0.3) is 0 Å². The summed E-state index contributed by atoms with van der Waals surface area (Å²) in [5.74, 6) is 2.52. The number of benzene rings is 2. The van der Waals surface area contributed by atoms with Crippen LogP contribution < -0.4 is 24.3 Å². The average molecular weight is 542 g/mol. The molecule has 1 aliphatic carbocycles. The minimum atomic E-state index is -0.455. The van der Waals surface area contributed by atoms with Gasteiger partial charge in [-0.3, -0.25) is 9.69 Å². The summed E-state index contributed by atoms with van der Waals surface area (Å²) in [6, 6.07) is 7.51. The number of alkyl carbamates (subject to hydrolysis) is 1. The Morgan fingerprint density at radius 2 is 1.69 bits per heavy atom. The number of hydrogen-bond donors (Lipinski definition) is 1. The van der Waals surface area contributed by atoms with Crippen molar-refractivity contribution in [3.63, 3.8) is 0 Å². The van der Waals surface area contributed by atoms with Gasteiger partial charge >= 0.3 is 6.09 Å². The number of nitrogens with zero attached hydrogens (tertiary/aromatic N) is 2. The highest BCUT2D eigenvalue weighted by molar-refractivity contribution is 5.83. The standard InChI is InChI=1S/C29H39N3O7/c1-19(33)32-14-12-31(13-15-32)11-6-16-39-29(34)30-24-10-7-20-17-25(36-3)27(37-4)28(38-5)26(20)22-9-8-21(35-2)18-23(22)24/h8-9,17-18,24H,6-7,10-16H2,1-5H3,(H,30,34)/t24-/m0/s1. The van der Waals surface area contributed by atoms with E-state index in [0.29, 0.717) is 42.4 Å². The van der Waals surface area contributed by atoms with Gasteiger partial charge in [0.2, 0.25) is 11.7 Å². The lowest BCUT2D eigenvalue weighted by molar-refractivity contribution is -0.130. The summed E-state index contributed by atoms with van der Waals surface area (Å²) < 4.78 is 28.1. The van der Waals surface area contributed by atoms with Gasteiger partial charge in [-0.05, 0) is 54.2 Å². The molecule has 4 rings (SSSR count). The molecular weight excluding hydrogens is 502 g/mol. The second-order valence-electron chi connectivity index (χ2n) is 9.71. The zero-order chi connectivity index (χ0) is 27.9. The maximum absolute atomic E-state index is 12.9. The summed E-state index contributed by atoms with van der Waals surface area (Å²) in [7, 11) is 6.43. The summed E-state index contributed by atoms with van der Waals surface area (Å²) in [6.07, 6.45) is 1.61. The van der Waals surface area contributed by atoms with Gasteiger partial charge in [-0.25, -0.2) is 4.79 Å². The SMILES string of the molecule is COc1ccc2c(c1)[C@@H](NC(=O)OCCCN1CCN(C(C)=O)CC1)CCc1cc(OC)c(OC)c(OC)c1-2. The molecule has 0 radical (unpaired) electrons. The van der Waals surface area contributed by atoms with E-state index in [2.05, 4.69) is 10.2 Å². The van der Waals surface area contributed by atoms with Gasteiger partial charge < -0.3 is 33.9 Å². The number of carbonyl (C=O) groups excluding carboxylic acids is 2. The van der Waals surface area contributed by atoms with Gasteiger partial charge in [-0.15, -0.1) is 0 Å². The van der Waals surface area contributed by atoms with Crippen LogP contribution in [-0.2, 0) is 16.0 Å². The summed E-state index contributed by atoms with van der Waals surface area (Å²) in [5, 5.41) is 3.07. The average Bonchev–Trinajstić information content (AvgIpc) is 3.10. The Bertz CT molecular complexity index is 1180. The minimum Gasteiger partial charge on any atom is -0.497 e. The van der Waals surface area contributed by atoms with Crippen molar-refractivity contribution in [1.82, 2.24) is 15.1 Å². The monoisotopic (exact) mass is 541 g/mol. The fraction of sp³-hybridized carbons (Fsp3) is 0.517. The fourth-order valence-electron chi connectivity index (χ4n) is 5.41. The molecule has 2 aliphatic rings. The van der Waals surface area contributed by atoms with Crippen LogP contribution in [0.15, 0.2) is 24.3 Å². The topological polar surface area (TPSA) is 98.8 Å². The molecule has 0 bridgehead atoms. The van der Waals surface area contributed by atoms with E-state index in [-0.39, 0.29) is 11.9 Å². The maximum Gasteiger partial charge on any atom is 0.407 e. The van der Waals surface area contributed by atoms with Crippen LogP contribution in [0.1, 0.15) is 36.9 Å². The van der Waals surface area contributed by atoms with Crippen LogP contribution in [0, 0.1) is 0 Å². The smallest absolute Gasteiger partial charge is 0.407 e. The first kappa shape index (κ1) is 28.4. The van der Waals surface area contributed by atoms with Crippen LogP contribution in [0.25, 0.3) is 11.1 Å². The Morgan fingerprint density at radius 1 is 0.949 bits per heavy atom. The molecule has 0 saturated carbocycles. The predicted octanol–water partition coefficient (Wildman–Crippen LogP) is 3.66. The zero-order valence-corrected chi connectivity index (χ0v) is 23.5. The van der Waals surface area contributed by atoms with E-state index in [1.165, 1.54) is 0 Å². The van der Waals surface area contributed by atoms with Gasteiger partial charge in [0, 0.05) is 45.2 Å². The highest BCUT2D eigenvalue weighted by atomic mass is 16.5. The van der Waals surface area contributed by atoms with Gasteiger partial charge in [-0.1, -0.05) is 6.07 Å². The van der Waals surface area contributed by atoms with E-state index in [0.717, 1.165) is 61.4 Å². The second-order valence-corrected chi connectivity index (χ2v) is 9.71. The lowest BCUT2D eigenvalue weighted by Crippen LogP contribution is -2.48. The third-order valence-corrected chi connectivity index (χ3v) is 7.48. The molecule has 10 nitrogen and oxygen atoms in total. The summed E-state index contributed by atoms with van der Waals surface area (Å²) in [6.45, 7) is 5.91. The number of rotatable bonds is 9. The normalized spacial score (nSPS) is 16.8. The molecule has 1 saturated heterocycles. The number of amides is 2. The minimum absolute atomic E-state index is 0.118. The Labute approximate surface area is 230 Å². The van der Waals surface area contributed by atoms with Crippen molar-refractivity contribution in [2.24, 2.45) is 0 Å². The number of hydrogen-bond acceptors (Lipinski definition) is 8. The molecule has 39 heavy (non-hydrogen) atoms. The van der Waals surface area contributed by atoms with E-state index in [1.807, 2.05) is 29.2 Å². The first-order chi connectivity index (χ1) is 18.9. The van der Waals surface area contributed by atoms with Crippen LogP contribution >= 0.6 is 0 Å². The molecular formula is C29H39N3O7. The first-order valence-electron chi connectivity index (χ1n) is 13.3. The summed E-state index contributed by atoms with van der Waals surface area (Å²) in [5.41, 5.74) is 3.80. The molecule has 2 amide bonds. The van der Waals surface area contributed by atoms with Crippen molar-refractivity contribution in [3.8, 4) is 34.1 Å². The molecule has 1 fully saturated rings. The van der Waals surface area contributed by atoms with Crippen LogP contribution in [0.5, 0.6) is 23.0 Å². The molecule has 0 aromatic heterocycles. The van der Waals surface area contributed by atoms with Crippen molar-refractivity contribution in [2.75, 3.05) is 67.8 Å². The van der Waals surface area contributed by atoms with Crippen LogP contribution in [-0.4, -0.2) is 89.6 Å². The van der Waals surface area contributed by atoms with E-state index < -0.39 is 6.09 Å². The lowest BCUT2D eigenvalue weighted by Gasteiger charge is -2.34. The largest absolute Gasteiger partial charge is 0.497 e. The molecule has 1 aliphatic heterocycles. The van der Waals surface area contributed by atoms with E-state index >= 15 is 0 Å². The van der Waals surface area contributed by atoms with Gasteiger partial charge in [0.05, 0.1) is 41.1 Å². The van der Waals surface area contributed by atoms with Crippen molar-refractivity contribution < 1.29 is 33.3 Å². The van der Waals surface area contributed by atoms with Crippen molar-refractivity contribution in [3.05, 3.63) is 35.4 Å². The number of aryl methyl sites for hydroxylation is 1. The molecule has 10 heteroatoms. The molecule has 1 heterocycles. The molecule has 0 spiro atoms. The van der Waals surface area contributed by atoms with Crippen LogP contribution in [0.4, 0.5) is 4.79 Å². The first-order valence-corrected chi connectivity index (χ1v) is 13.3. The third-order valence-electron chi connectivity index (χ3n) is 7.48. The molecule has 1 N–H and O–H groups in total. The molecule has 0 unspecified atom stereocenters. The zero-order valence-electron chi connectivity index (χ0n) is 23.5. The van der Waals surface area contributed by atoms with E-state index in [4.69, 9.17) is 23.7 Å². The highest BCUT2D eigenvalue weighted by Gasteiger charge is 2.30. The van der Waals surface area contributed by atoms with E-state index in [1.54, 1.807) is 35.4 Å². The summed E-state index contributed by atoms with van der Waals surface area (Å²) >= 11 is 0. The Balaban J connectivity index is 1.46. The van der Waals surface area contributed by atoms with Gasteiger partial charge in [0.15, 0.2) is 11.5 Å². The van der Waals surface area contributed by atoms with E-state index in [9.17, 15) is 9.59 Å². The number of piperazine rings is 1. The molecule has 1 atom stereocenters. The quantitative estimate of drug-likeness (QED) is 0.481. The van der Waals surface area contributed by atoms with Crippen molar-refractivity contribution in [1.29, 1.82) is 0 Å². The number of ether oxygens (including phenoxy) is 5. The maximum atomic E-state index is 12.9. The van der Waals surface area contributed by atoms with Crippen LogP contribution in [0.2, 0.25) is 0 Å². The van der Waals surface area contributed by atoms with Crippen molar-refractivity contribution >= 4 is 12.0 Å². The summed E-state index contributed by atoms with van der Waals surface area (Å²) in [4.78, 5) is 28.5. The van der Waals surface area contributed by atoms with Gasteiger partial charge in [-0.2, -0.15) is 0 Å².